The Morgan fingerprint density at radius 2 is 2.11 bits per heavy atom. The Labute approximate surface area is 107 Å². The number of aromatic nitrogens is 2. The Bertz CT molecular complexity index is 489. The van der Waals surface area contributed by atoms with Crippen molar-refractivity contribution < 1.29 is 5.11 Å². The number of hydrogen-bond donors (Lipinski definition) is 2. The molecule has 0 unspecified atom stereocenters. The zero-order valence-corrected chi connectivity index (χ0v) is 11.4. The van der Waals surface area contributed by atoms with Crippen LogP contribution < -0.4 is 5.56 Å². The van der Waals surface area contributed by atoms with Crippen molar-refractivity contribution in [3.63, 3.8) is 0 Å². The van der Waals surface area contributed by atoms with Gasteiger partial charge in [-0.05, 0) is 13.8 Å². The second kappa shape index (κ2) is 4.17. The molecule has 1 aliphatic rings. The highest BCUT2D eigenvalue weighted by atomic mass is 16.3. The van der Waals surface area contributed by atoms with E-state index in [1.54, 1.807) is 6.92 Å². The summed E-state index contributed by atoms with van der Waals surface area (Å²) in [5.74, 6) is 0.628. The molecule has 1 fully saturated rings. The van der Waals surface area contributed by atoms with Gasteiger partial charge < -0.3 is 10.1 Å². The summed E-state index contributed by atoms with van der Waals surface area (Å²) in [5.41, 5.74) is -0.223. The fourth-order valence-corrected chi connectivity index (χ4v) is 2.50. The van der Waals surface area contributed by atoms with E-state index in [1.807, 2.05) is 6.92 Å². The van der Waals surface area contributed by atoms with E-state index in [-0.39, 0.29) is 11.0 Å². The van der Waals surface area contributed by atoms with E-state index in [0.717, 1.165) is 12.2 Å². The van der Waals surface area contributed by atoms with Crippen LogP contribution in [0.5, 0.6) is 0 Å². The van der Waals surface area contributed by atoms with Crippen molar-refractivity contribution >= 4 is 0 Å². The van der Waals surface area contributed by atoms with Gasteiger partial charge in [-0.15, -0.1) is 0 Å². The van der Waals surface area contributed by atoms with Crippen LogP contribution in [-0.2, 0) is 6.54 Å². The molecule has 0 aliphatic carbocycles. The summed E-state index contributed by atoms with van der Waals surface area (Å²) in [4.78, 5) is 20.5. The maximum Gasteiger partial charge on any atom is 0.251 e. The molecule has 5 nitrogen and oxygen atoms in total. The van der Waals surface area contributed by atoms with E-state index in [4.69, 9.17) is 0 Å². The lowest BCUT2D eigenvalue weighted by Crippen LogP contribution is -2.40. The van der Waals surface area contributed by atoms with Gasteiger partial charge in [0.15, 0.2) is 0 Å². The van der Waals surface area contributed by atoms with E-state index in [9.17, 15) is 9.90 Å². The summed E-state index contributed by atoms with van der Waals surface area (Å²) in [7, 11) is 0. The van der Waals surface area contributed by atoms with E-state index < -0.39 is 5.60 Å². The molecular formula is C13H21N3O2. The van der Waals surface area contributed by atoms with E-state index in [2.05, 4.69) is 28.7 Å². The summed E-state index contributed by atoms with van der Waals surface area (Å²) >= 11 is 0. The summed E-state index contributed by atoms with van der Waals surface area (Å²) < 4.78 is 0. The van der Waals surface area contributed by atoms with Crippen LogP contribution in [0.3, 0.4) is 0 Å². The Morgan fingerprint density at radius 3 is 2.61 bits per heavy atom. The highest BCUT2D eigenvalue weighted by Crippen LogP contribution is 2.38. The third-order valence-corrected chi connectivity index (χ3v) is 3.91. The molecule has 2 N–H and O–H groups in total. The number of β-amino-alcohol motifs (C(OH)–C–C–N with tert-alkyl or cyclic N) is 1. The highest BCUT2D eigenvalue weighted by molar-refractivity contribution is 5.06. The lowest BCUT2D eigenvalue weighted by Gasteiger charge is -2.31. The minimum absolute atomic E-state index is 0.122. The van der Waals surface area contributed by atoms with Crippen molar-refractivity contribution in [2.75, 3.05) is 13.1 Å². The third-order valence-electron chi connectivity index (χ3n) is 3.91. The first-order valence-corrected chi connectivity index (χ1v) is 6.21. The van der Waals surface area contributed by atoms with Crippen molar-refractivity contribution in [2.24, 2.45) is 5.41 Å². The van der Waals surface area contributed by atoms with Crippen molar-refractivity contribution in [1.29, 1.82) is 0 Å². The summed E-state index contributed by atoms with van der Waals surface area (Å²) in [5, 5.41) is 10.3. The van der Waals surface area contributed by atoms with Crippen LogP contribution in [0.1, 0.15) is 32.3 Å². The minimum Gasteiger partial charge on any atom is -0.388 e. The average molecular weight is 251 g/mol. The summed E-state index contributed by atoms with van der Waals surface area (Å²) in [6.45, 7) is 9.76. The Morgan fingerprint density at radius 1 is 1.44 bits per heavy atom. The number of nitrogens with one attached hydrogen (secondary N) is 1. The van der Waals surface area contributed by atoms with Crippen LogP contribution in [0.4, 0.5) is 0 Å². The SMILES string of the molecule is Cc1nc(CN2CC(C)(C)[C@@](C)(O)C2)cc(=O)[nH]1. The van der Waals surface area contributed by atoms with Gasteiger partial charge in [0.25, 0.3) is 5.56 Å². The van der Waals surface area contributed by atoms with Crippen LogP contribution in [0.25, 0.3) is 0 Å². The normalized spacial score (nSPS) is 27.6. The van der Waals surface area contributed by atoms with Crippen molar-refractivity contribution in [2.45, 2.75) is 39.8 Å². The van der Waals surface area contributed by atoms with Crippen LogP contribution >= 0.6 is 0 Å². The molecule has 5 heteroatoms. The quantitative estimate of drug-likeness (QED) is 0.810. The molecule has 1 saturated heterocycles. The maximum atomic E-state index is 11.4. The van der Waals surface area contributed by atoms with Crippen LogP contribution in [0, 0.1) is 12.3 Å². The Kier molecular flexibility index (Phi) is 3.07. The molecular weight excluding hydrogens is 230 g/mol. The lowest BCUT2D eigenvalue weighted by molar-refractivity contribution is -0.0111. The van der Waals surface area contributed by atoms with Gasteiger partial charge in [0.05, 0.1) is 11.3 Å². The molecule has 2 heterocycles. The number of likely N-dealkylation sites (tertiary alicyclic amines) is 1. The number of aliphatic hydroxyl groups is 1. The van der Waals surface area contributed by atoms with Gasteiger partial charge in [-0.2, -0.15) is 0 Å². The number of nitrogens with zero attached hydrogens (tertiary/aromatic N) is 2. The first-order chi connectivity index (χ1) is 8.19. The fraction of sp³-hybridized carbons (Fsp3) is 0.692. The van der Waals surface area contributed by atoms with Gasteiger partial charge in [0.1, 0.15) is 5.82 Å². The molecule has 2 rings (SSSR count). The summed E-state index contributed by atoms with van der Waals surface area (Å²) in [6, 6.07) is 1.52. The largest absolute Gasteiger partial charge is 0.388 e. The Hall–Kier alpha value is -1.20. The predicted molar refractivity (Wildman–Crippen MR) is 69.3 cm³/mol. The van der Waals surface area contributed by atoms with Crippen LogP contribution in [0.2, 0.25) is 0 Å². The molecule has 0 aromatic carbocycles. The van der Waals surface area contributed by atoms with Crippen LogP contribution in [0.15, 0.2) is 10.9 Å². The molecule has 1 aromatic heterocycles. The molecule has 0 radical (unpaired) electrons. The van der Waals surface area contributed by atoms with Gasteiger partial charge in [0.2, 0.25) is 0 Å². The van der Waals surface area contributed by atoms with Crippen molar-refractivity contribution in [3.05, 3.63) is 27.9 Å². The second-order valence-electron chi connectivity index (χ2n) is 6.13. The van der Waals surface area contributed by atoms with Gasteiger partial charge in [-0.3, -0.25) is 9.69 Å². The highest BCUT2D eigenvalue weighted by Gasteiger charge is 2.47. The third kappa shape index (κ3) is 2.47. The first-order valence-electron chi connectivity index (χ1n) is 6.21. The minimum atomic E-state index is -0.705. The van der Waals surface area contributed by atoms with Gasteiger partial charge >= 0.3 is 0 Å². The van der Waals surface area contributed by atoms with E-state index in [0.29, 0.717) is 18.9 Å². The number of aromatic amines is 1. The predicted octanol–water partition coefficient (Wildman–Crippen LogP) is 0.671. The Balaban J connectivity index is 2.15. The van der Waals surface area contributed by atoms with Gasteiger partial charge in [0, 0.05) is 31.1 Å². The number of H-pyrrole nitrogens is 1. The zero-order valence-electron chi connectivity index (χ0n) is 11.4. The fourth-order valence-electron chi connectivity index (χ4n) is 2.50. The smallest absolute Gasteiger partial charge is 0.251 e. The number of hydrogen-bond acceptors (Lipinski definition) is 4. The van der Waals surface area contributed by atoms with Gasteiger partial charge in [-0.25, -0.2) is 4.98 Å². The topological polar surface area (TPSA) is 69.2 Å². The molecule has 1 aliphatic heterocycles. The summed E-state index contributed by atoms with van der Waals surface area (Å²) in [6.07, 6.45) is 0. The molecule has 0 bridgehead atoms. The second-order valence-corrected chi connectivity index (χ2v) is 6.13. The van der Waals surface area contributed by atoms with E-state index in [1.165, 1.54) is 6.07 Å². The molecule has 0 amide bonds. The van der Waals surface area contributed by atoms with Crippen molar-refractivity contribution in [1.82, 2.24) is 14.9 Å². The van der Waals surface area contributed by atoms with Crippen molar-refractivity contribution in [3.8, 4) is 0 Å². The molecule has 0 spiro atoms. The molecule has 1 atom stereocenters. The van der Waals surface area contributed by atoms with Gasteiger partial charge in [-0.1, -0.05) is 13.8 Å². The zero-order chi connectivity index (χ0) is 13.6. The standard InChI is InChI=1S/C13H21N3O2/c1-9-14-10(5-11(17)15-9)6-16-7-12(2,3)13(4,18)8-16/h5,18H,6-8H2,1-4H3,(H,14,15,17)/t13-/m0/s1. The molecule has 1 aromatic rings. The van der Waals surface area contributed by atoms with Crippen LogP contribution in [-0.4, -0.2) is 38.7 Å². The monoisotopic (exact) mass is 251 g/mol. The number of aryl methyl sites for hydroxylation is 1. The lowest BCUT2D eigenvalue weighted by atomic mass is 9.79. The molecule has 18 heavy (non-hydrogen) atoms. The molecule has 100 valence electrons. The first kappa shape index (κ1) is 13.2. The number of rotatable bonds is 2. The average Bonchev–Trinajstić information content (AvgIpc) is 2.31. The maximum absolute atomic E-state index is 11.4. The molecule has 0 saturated carbocycles. The van der Waals surface area contributed by atoms with E-state index >= 15 is 0 Å².